The van der Waals surface area contributed by atoms with E-state index >= 15 is 8.78 Å². The molecule has 3 aliphatic rings. The van der Waals surface area contributed by atoms with Crippen molar-refractivity contribution in [1.29, 1.82) is 0 Å². The van der Waals surface area contributed by atoms with E-state index in [4.69, 9.17) is 28.5 Å². The number of carbonyl (C=O) groups is 1. The summed E-state index contributed by atoms with van der Waals surface area (Å²) in [5.41, 5.74) is 0. The van der Waals surface area contributed by atoms with E-state index in [0.717, 1.165) is 70.6 Å². The number of hydrogen-bond donors (Lipinski definition) is 1. The van der Waals surface area contributed by atoms with Gasteiger partial charge in [0.05, 0.1) is 12.2 Å². The highest BCUT2D eigenvalue weighted by Crippen LogP contribution is 2.46. The molecule has 0 aromatic carbocycles. The van der Waals surface area contributed by atoms with Crippen molar-refractivity contribution in [1.82, 2.24) is 0 Å². The van der Waals surface area contributed by atoms with Crippen LogP contribution in [0.3, 0.4) is 0 Å². The maximum atomic E-state index is 16.0. The first-order valence-corrected chi connectivity index (χ1v) is 22.1. The summed E-state index contributed by atoms with van der Waals surface area (Å²) in [6, 6.07) is 0. The van der Waals surface area contributed by atoms with Crippen molar-refractivity contribution in [3.05, 3.63) is 12.2 Å². The van der Waals surface area contributed by atoms with Gasteiger partial charge < -0.3 is 28.5 Å². The number of aliphatic carboxylic acids is 1. The number of allylic oxidation sites excluding steroid dienone is 2. The highest BCUT2D eigenvalue weighted by molar-refractivity contribution is 6.74. The monoisotopic (exact) mass is 702 g/mol. The summed E-state index contributed by atoms with van der Waals surface area (Å²) >= 11 is 0. The first kappa shape index (κ1) is 41.5. The van der Waals surface area contributed by atoms with Crippen LogP contribution in [0, 0.1) is 11.8 Å². The third-order valence-corrected chi connectivity index (χ3v) is 15.6. The van der Waals surface area contributed by atoms with E-state index in [1.54, 1.807) is 0 Å². The number of rotatable bonds is 21. The summed E-state index contributed by atoms with van der Waals surface area (Å²) in [4.78, 5) is 10.8. The molecule has 0 radical (unpaired) electrons. The number of unbranched alkanes of at least 4 members (excludes halogenated alkanes) is 4. The van der Waals surface area contributed by atoms with Gasteiger partial charge in [-0.2, -0.15) is 0 Å². The molecule has 7 atom stereocenters. The van der Waals surface area contributed by atoms with Crippen molar-refractivity contribution in [3.8, 4) is 0 Å². The summed E-state index contributed by atoms with van der Waals surface area (Å²) in [6.45, 7) is 13.8. The van der Waals surface area contributed by atoms with Crippen molar-refractivity contribution in [2.75, 3.05) is 13.2 Å². The zero-order chi connectivity index (χ0) is 35.2. The van der Waals surface area contributed by atoms with Gasteiger partial charge in [0.2, 0.25) is 0 Å². The van der Waals surface area contributed by atoms with E-state index in [1.165, 1.54) is 0 Å². The van der Waals surface area contributed by atoms with Gasteiger partial charge in [-0.05, 0) is 113 Å². The molecule has 2 heterocycles. The van der Waals surface area contributed by atoms with Gasteiger partial charge in [0.25, 0.3) is 5.92 Å². The summed E-state index contributed by atoms with van der Waals surface area (Å²) in [6.07, 6.45) is 15.3. The molecular weight excluding hydrogens is 634 g/mol. The smallest absolute Gasteiger partial charge is 0.303 e. The number of ether oxygens (including phenoxy) is 4. The fraction of sp³-hybridized carbons (Fsp3) is 0.921. The fourth-order valence-corrected chi connectivity index (χ4v) is 8.44. The highest BCUT2D eigenvalue weighted by Gasteiger charge is 2.50. The van der Waals surface area contributed by atoms with Gasteiger partial charge in [-0.3, -0.25) is 4.79 Å². The first-order chi connectivity index (χ1) is 22.7. The number of carboxylic acid groups (broad SMARTS) is 1. The molecule has 0 amide bonds. The Kier molecular flexibility index (Phi) is 17.5. The van der Waals surface area contributed by atoms with Crippen LogP contribution in [0.25, 0.3) is 0 Å². The van der Waals surface area contributed by atoms with Crippen LogP contribution >= 0.6 is 0 Å². The van der Waals surface area contributed by atoms with E-state index in [0.29, 0.717) is 38.9 Å². The highest BCUT2D eigenvalue weighted by atomic mass is 28.4. The molecule has 1 saturated carbocycles. The largest absolute Gasteiger partial charge is 0.481 e. The molecule has 2 aliphatic heterocycles. The lowest BCUT2D eigenvalue weighted by molar-refractivity contribution is -0.204. The van der Waals surface area contributed by atoms with E-state index in [1.807, 2.05) is 6.92 Å². The average molecular weight is 703 g/mol. The second-order valence-corrected chi connectivity index (χ2v) is 20.8. The van der Waals surface area contributed by atoms with Crippen LogP contribution in [-0.2, 0) is 28.2 Å². The SMILES string of the molecule is CCCCC(F)(F)[C@@H](CC[C@@H]1[C@@H](C/C=C\CCCCCC(=O)O)[C@@H](OC2CCCCO2)C[C@H]1O[C@H]1CCCCO1)O[Si](C)(C)C(C)(C)C. The molecule has 3 rings (SSSR count). The van der Waals surface area contributed by atoms with Crippen LogP contribution in [0.2, 0.25) is 18.1 Å². The maximum absolute atomic E-state index is 16.0. The molecule has 0 bridgehead atoms. The number of carboxylic acids is 1. The van der Waals surface area contributed by atoms with Gasteiger partial charge in [-0.1, -0.05) is 52.7 Å². The Hall–Kier alpha value is -0.913. The Morgan fingerprint density at radius 2 is 1.54 bits per heavy atom. The first-order valence-electron chi connectivity index (χ1n) is 19.2. The minimum absolute atomic E-state index is 0.0109. The lowest BCUT2D eigenvalue weighted by Crippen LogP contribution is -2.49. The molecule has 0 spiro atoms. The lowest BCUT2D eigenvalue weighted by atomic mass is 9.85. The zero-order valence-electron chi connectivity index (χ0n) is 31.0. The molecule has 48 heavy (non-hydrogen) atoms. The van der Waals surface area contributed by atoms with Crippen LogP contribution in [0.1, 0.15) is 143 Å². The molecule has 1 aliphatic carbocycles. The molecule has 3 fully saturated rings. The maximum Gasteiger partial charge on any atom is 0.303 e. The van der Waals surface area contributed by atoms with Crippen LogP contribution < -0.4 is 0 Å². The van der Waals surface area contributed by atoms with Gasteiger partial charge in [0.15, 0.2) is 20.9 Å². The third-order valence-electron chi connectivity index (χ3n) is 11.1. The molecular formula is C38H68F2O7Si. The quantitative estimate of drug-likeness (QED) is 0.0724. The molecule has 0 aromatic rings. The van der Waals surface area contributed by atoms with Crippen molar-refractivity contribution >= 4 is 14.3 Å². The fourth-order valence-electron chi connectivity index (χ4n) is 7.09. The van der Waals surface area contributed by atoms with E-state index < -0.39 is 26.3 Å². The second-order valence-electron chi connectivity index (χ2n) is 16.0. The molecule has 280 valence electrons. The number of halogens is 2. The van der Waals surface area contributed by atoms with Crippen LogP contribution in [-0.4, -0.2) is 69.4 Å². The Labute approximate surface area is 291 Å². The van der Waals surface area contributed by atoms with Crippen molar-refractivity contribution < 1.29 is 42.1 Å². The summed E-state index contributed by atoms with van der Waals surface area (Å²) in [5.74, 6) is -3.56. The van der Waals surface area contributed by atoms with Gasteiger partial charge in [-0.25, -0.2) is 8.78 Å². The Balaban J connectivity index is 1.83. The number of alkyl halides is 2. The second kappa shape index (κ2) is 20.2. The molecule has 1 N–H and O–H groups in total. The van der Waals surface area contributed by atoms with E-state index in [2.05, 4.69) is 46.0 Å². The molecule has 0 aromatic heterocycles. The summed E-state index contributed by atoms with van der Waals surface area (Å²) in [7, 11) is -2.47. The van der Waals surface area contributed by atoms with Crippen LogP contribution in [0.15, 0.2) is 12.2 Å². The van der Waals surface area contributed by atoms with Crippen LogP contribution in [0.4, 0.5) is 8.78 Å². The summed E-state index contributed by atoms with van der Waals surface area (Å²) in [5, 5.41) is 8.74. The number of hydrogen-bond acceptors (Lipinski definition) is 6. The van der Waals surface area contributed by atoms with Gasteiger partial charge in [0, 0.05) is 32.5 Å². The molecule has 1 unspecified atom stereocenters. The standard InChI is InChI=1S/C38H68F2O7Si/c1-7-8-25-38(39,40)33(47-48(5,6)37(2,3)4)24-23-30-29(19-13-11-9-10-12-14-20-34(41)42)31(45-35-21-15-17-26-43-35)28-32(30)46-36-22-16-18-27-44-36/h11,13,29-33,35-36H,7-10,12,14-28H2,1-6H3,(H,41,42)/b13-11-/t29-,30-,31+,32-,33-,35?,36+/m1/s1. The predicted molar refractivity (Wildman–Crippen MR) is 189 cm³/mol. The average Bonchev–Trinajstić information content (AvgIpc) is 3.34. The Morgan fingerprint density at radius 1 is 0.917 bits per heavy atom. The van der Waals surface area contributed by atoms with Crippen LogP contribution in [0.5, 0.6) is 0 Å². The van der Waals surface area contributed by atoms with Gasteiger partial charge in [-0.15, -0.1) is 0 Å². The van der Waals surface area contributed by atoms with Gasteiger partial charge in [0.1, 0.15) is 6.10 Å². The van der Waals surface area contributed by atoms with Crippen molar-refractivity contribution in [2.24, 2.45) is 11.8 Å². The normalized spacial score (nSPS) is 28.2. The van der Waals surface area contributed by atoms with E-state index in [-0.39, 0.29) is 60.9 Å². The molecule has 2 saturated heterocycles. The van der Waals surface area contributed by atoms with Crippen molar-refractivity contribution in [3.63, 3.8) is 0 Å². The topological polar surface area (TPSA) is 83.5 Å². The lowest BCUT2D eigenvalue weighted by Gasteiger charge is -2.42. The third kappa shape index (κ3) is 13.7. The zero-order valence-corrected chi connectivity index (χ0v) is 32.0. The van der Waals surface area contributed by atoms with Gasteiger partial charge >= 0.3 is 5.97 Å². The summed E-state index contributed by atoms with van der Waals surface area (Å²) < 4.78 is 64.0. The predicted octanol–water partition coefficient (Wildman–Crippen LogP) is 10.4. The Morgan fingerprint density at radius 3 is 2.08 bits per heavy atom. The molecule has 10 heteroatoms. The molecule has 7 nitrogen and oxygen atoms in total. The minimum Gasteiger partial charge on any atom is -0.481 e. The van der Waals surface area contributed by atoms with E-state index in [9.17, 15) is 4.79 Å². The van der Waals surface area contributed by atoms with Crippen molar-refractivity contribution in [2.45, 2.75) is 198 Å². The minimum atomic E-state index is -2.91. The Bertz CT molecular complexity index is 944.